The Kier molecular flexibility index (Phi) is 5.20. The molecule has 0 saturated carbocycles. The van der Waals surface area contributed by atoms with E-state index < -0.39 is 12.4 Å². The SMILES string of the molecule is C=C(Cc1nc(-c2ccc(Oc3ccccn3)cc2C(F)F)no1)C(=O)O. The van der Waals surface area contributed by atoms with Crippen molar-refractivity contribution in [3.63, 3.8) is 0 Å². The lowest BCUT2D eigenvalue weighted by molar-refractivity contribution is -0.132. The topological polar surface area (TPSA) is 98.3 Å². The van der Waals surface area contributed by atoms with Gasteiger partial charge in [-0.2, -0.15) is 4.98 Å². The van der Waals surface area contributed by atoms with E-state index in [-0.39, 0.29) is 46.5 Å². The van der Waals surface area contributed by atoms with Crippen LogP contribution in [0.4, 0.5) is 8.78 Å². The number of hydrogen-bond donors (Lipinski definition) is 1. The quantitative estimate of drug-likeness (QED) is 0.624. The van der Waals surface area contributed by atoms with Crippen molar-refractivity contribution in [3.8, 4) is 23.0 Å². The van der Waals surface area contributed by atoms with Crippen molar-refractivity contribution in [2.75, 3.05) is 0 Å². The predicted octanol–water partition coefficient (Wildman–Crippen LogP) is 4.04. The Labute approximate surface area is 151 Å². The lowest BCUT2D eigenvalue weighted by Gasteiger charge is -2.09. The zero-order chi connectivity index (χ0) is 19.4. The monoisotopic (exact) mass is 373 g/mol. The standard InChI is InChI=1S/C18H13F2N3O4/c1-10(18(24)25)8-15-22-17(23-27-15)12-6-5-11(9-13(12)16(19)20)26-14-4-2-3-7-21-14/h2-7,9,16H,1,8H2,(H,24,25). The van der Waals surface area contributed by atoms with Gasteiger partial charge in [-0.3, -0.25) is 0 Å². The molecule has 1 N–H and O–H groups in total. The molecule has 9 heteroatoms. The molecule has 0 radical (unpaired) electrons. The molecule has 0 spiro atoms. The number of hydrogen-bond acceptors (Lipinski definition) is 6. The van der Waals surface area contributed by atoms with Crippen LogP contribution in [-0.4, -0.2) is 26.2 Å². The second-order valence-electron chi connectivity index (χ2n) is 5.42. The van der Waals surface area contributed by atoms with Gasteiger partial charge in [0.15, 0.2) is 0 Å². The van der Waals surface area contributed by atoms with Crippen molar-refractivity contribution in [2.45, 2.75) is 12.8 Å². The van der Waals surface area contributed by atoms with E-state index in [0.29, 0.717) is 0 Å². The number of halogens is 2. The van der Waals surface area contributed by atoms with Crippen molar-refractivity contribution >= 4 is 5.97 Å². The second-order valence-corrected chi connectivity index (χ2v) is 5.42. The summed E-state index contributed by atoms with van der Waals surface area (Å²) >= 11 is 0. The highest BCUT2D eigenvalue weighted by atomic mass is 19.3. The number of aromatic nitrogens is 3. The number of rotatable bonds is 7. The van der Waals surface area contributed by atoms with Crippen LogP contribution in [0.25, 0.3) is 11.4 Å². The number of ether oxygens (including phenoxy) is 1. The second kappa shape index (κ2) is 7.73. The van der Waals surface area contributed by atoms with Crippen molar-refractivity contribution < 1.29 is 27.9 Å². The highest BCUT2D eigenvalue weighted by Crippen LogP contribution is 2.34. The smallest absolute Gasteiger partial charge is 0.331 e. The van der Waals surface area contributed by atoms with Crippen LogP contribution in [0.1, 0.15) is 17.9 Å². The van der Waals surface area contributed by atoms with Gasteiger partial charge in [-0.1, -0.05) is 17.8 Å². The van der Waals surface area contributed by atoms with Gasteiger partial charge in [-0.05, 0) is 24.3 Å². The Morgan fingerprint density at radius 2 is 2.11 bits per heavy atom. The summed E-state index contributed by atoms with van der Waals surface area (Å²) in [6.45, 7) is 3.36. The van der Waals surface area contributed by atoms with Crippen molar-refractivity contribution in [3.05, 3.63) is 66.2 Å². The zero-order valence-electron chi connectivity index (χ0n) is 13.8. The molecule has 138 valence electrons. The normalized spacial score (nSPS) is 10.8. The lowest BCUT2D eigenvalue weighted by Crippen LogP contribution is -2.02. The number of alkyl halides is 2. The van der Waals surface area contributed by atoms with Gasteiger partial charge in [-0.15, -0.1) is 0 Å². The van der Waals surface area contributed by atoms with E-state index in [1.807, 2.05) is 0 Å². The molecule has 0 atom stereocenters. The molecule has 0 aliphatic carbocycles. The molecule has 0 aliphatic heterocycles. The fraction of sp³-hybridized carbons (Fsp3) is 0.111. The van der Waals surface area contributed by atoms with E-state index in [2.05, 4.69) is 21.7 Å². The van der Waals surface area contributed by atoms with Crippen molar-refractivity contribution in [2.24, 2.45) is 0 Å². The number of carboxylic acids is 1. The number of nitrogens with zero attached hydrogens (tertiary/aromatic N) is 3. The molecule has 0 saturated heterocycles. The molecule has 1 aromatic carbocycles. The molecular formula is C18H13F2N3O4. The summed E-state index contributed by atoms with van der Waals surface area (Å²) in [7, 11) is 0. The first-order valence-electron chi connectivity index (χ1n) is 7.69. The van der Waals surface area contributed by atoms with E-state index >= 15 is 0 Å². The third-order valence-electron chi connectivity index (χ3n) is 3.49. The molecular weight excluding hydrogens is 360 g/mol. The zero-order valence-corrected chi connectivity index (χ0v) is 13.8. The molecule has 2 aromatic heterocycles. The van der Waals surface area contributed by atoms with Crippen LogP contribution < -0.4 is 4.74 Å². The van der Waals surface area contributed by atoms with Gasteiger partial charge in [-0.25, -0.2) is 18.6 Å². The maximum absolute atomic E-state index is 13.5. The first kappa shape index (κ1) is 18.2. The lowest BCUT2D eigenvalue weighted by atomic mass is 10.1. The predicted molar refractivity (Wildman–Crippen MR) is 89.5 cm³/mol. The van der Waals surface area contributed by atoms with E-state index in [4.69, 9.17) is 14.4 Å². The van der Waals surface area contributed by atoms with Gasteiger partial charge in [0.25, 0.3) is 6.43 Å². The average Bonchev–Trinajstić information content (AvgIpc) is 3.10. The van der Waals surface area contributed by atoms with E-state index in [1.54, 1.807) is 18.2 Å². The minimum Gasteiger partial charge on any atom is -0.478 e. The van der Waals surface area contributed by atoms with Gasteiger partial charge in [0.1, 0.15) is 5.75 Å². The van der Waals surface area contributed by atoms with E-state index in [0.717, 1.165) is 0 Å². The molecule has 3 rings (SSSR count). The Balaban J connectivity index is 1.88. The molecule has 0 bridgehead atoms. The number of carboxylic acid groups (broad SMARTS) is 1. The van der Waals surface area contributed by atoms with Gasteiger partial charge in [0.2, 0.25) is 17.6 Å². The number of benzene rings is 1. The summed E-state index contributed by atoms with van der Waals surface area (Å²) in [5.41, 5.74) is -0.458. The molecule has 7 nitrogen and oxygen atoms in total. The fourth-order valence-corrected chi connectivity index (χ4v) is 2.21. The number of aliphatic carboxylic acids is 1. The summed E-state index contributed by atoms with van der Waals surface area (Å²) < 4.78 is 37.4. The highest BCUT2D eigenvalue weighted by molar-refractivity contribution is 5.86. The highest BCUT2D eigenvalue weighted by Gasteiger charge is 2.20. The minimum atomic E-state index is -2.82. The Morgan fingerprint density at radius 3 is 2.78 bits per heavy atom. The third-order valence-corrected chi connectivity index (χ3v) is 3.49. The average molecular weight is 373 g/mol. The van der Waals surface area contributed by atoms with Gasteiger partial charge in [0, 0.05) is 29.0 Å². The maximum atomic E-state index is 13.5. The summed E-state index contributed by atoms with van der Waals surface area (Å²) in [6.07, 6.45) is -1.49. The van der Waals surface area contributed by atoms with E-state index in [9.17, 15) is 13.6 Å². The first-order valence-corrected chi connectivity index (χ1v) is 7.69. The van der Waals surface area contributed by atoms with E-state index in [1.165, 1.54) is 24.4 Å². The molecule has 27 heavy (non-hydrogen) atoms. The summed E-state index contributed by atoms with van der Waals surface area (Å²) in [6, 6.07) is 9.02. The Hall–Kier alpha value is -3.62. The van der Waals surface area contributed by atoms with Gasteiger partial charge >= 0.3 is 5.97 Å². The fourth-order valence-electron chi connectivity index (χ4n) is 2.21. The van der Waals surface area contributed by atoms with Crippen LogP contribution in [-0.2, 0) is 11.2 Å². The molecule has 0 unspecified atom stereocenters. The molecule has 3 aromatic rings. The Bertz CT molecular complexity index is 974. The molecule has 0 fully saturated rings. The molecule has 0 aliphatic rings. The first-order chi connectivity index (χ1) is 12.9. The third kappa shape index (κ3) is 4.32. The van der Waals surface area contributed by atoms with Crippen molar-refractivity contribution in [1.29, 1.82) is 0 Å². The van der Waals surface area contributed by atoms with Crippen molar-refractivity contribution in [1.82, 2.24) is 15.1 Å². The summed E-state index contributed by atoms with van der Waals surface area (Å²) in [5.74, 6) is -0.886. The van der Waals surface area contributed by atoms with Crippen LogP contribution in [0, 0.1) is 0 Å². The van der Waals surface area contributed by atoms with Crippen LogP contribution in [0.5, 0.6) is 11.6 Å². The van der Waals surface area contributed by atoms with Crippen LogP contribution in [0.15, 0.2) is 59.3 Å². The largest absolute Gasteiger partial charge is 0.478 e. The summed E-state index contributed by atoms with van der Waals surface area (Å²) in [5, 5.41) is 12.5. The minimum absolute atomic E-state index is 0.0357. The van der Waals surface area contributed by atoms with Crippen LogP contribution in [0.3, 0.4) is 0 Å². The van der Waals surface area contributed by atoms with Crippen LogP contribution >= 0.6 is 0 Å². The molecule has 0 amide bonds. The van der Waals surface area contributed by atoms with Crippen LogP contribution in [0.2, 0.25) is 0 Å². The molecule has 2 heterocycles. The van der Waals surface area contributed by atoms with Gasteiger partial charge in [0.05, 0.1) is 6.42 Å². The number of carbonyl (C=O) groups is 1. The Morgan fingerprint density at radius 1 is 1.30 bits per heavy atom. The van der Waals surface area contributed by atoms with Gasteiger partial charge < -0.3 is 14.4 Å². The maximum Gasteiger partial charge on any atom is 0.331 e. The number of pyridine rings is 1. The summed E-state index contributed by atoms with van der Waals surface area (Å²) in [4.78, 5) is 18.7.